The molecule has 0 unspecified atom stereocenters. The second-order valence-corrected chi connectivity index (χ2v) is 7.56. The zero-order valence-electron chi connectivity index (χ0n) is 15.8. The molecular formula is C20H26FN3O2. The topological polar surface area (TPSA) is 58.4 Å². The molecule has 0 spiro atoms. The molecule has 26 heavy (non-hydrogen) atoms. The Bertz CT molecular complexity index is 809. The molecule has 2 heterocycles. The number of hydrogen-bond acceptors (Lipinski definition) is 3. The van der Waals surface area contributed by atoms with Gasteiger partial charge in [-0.3, -0.25) is 4.79 Å². The predicted octanol–water partition coefficient (Wildman–Crippen LogP) is 3.27. The van der Waals surface area contributed by atoms with Gasteiger partial charge >= 0.3 is 0 Å². The molecule has 0 saturated heterocycles. The van der Waals surface area contributed by atoms with Gasteiger partial charge in [-0.25, -0.2) is 9.37 Å². The standard InChI is InChI=1S/C20H26FN3O2/c1-13(2)18-17(14-5-7-15(21)8-6-14)22-19-20(3,4)24(11-10-23(18)19)16(26)9-12-25/h5-8,13,25H,9-12H2,1-4H3. The summed E-state index contributed by atoms with van der Waals surface area (Å²) in [5, 5.41) is 9.13. The van der Waals surface area contributed by atoms with Crippen molar-refractivity contribution in [1.29, 1.82) is 0 Å². The van der Waals surface area contributed by atoms with Crippen molar-refractivity contribution in [3.63, 3.8) is 0 Å². The fourth-order valence-electron chi connectivity index (χ4n) is 3.83. The van der Waals surface area contributed by atoms with Crippen LogP contribution in [0.15, 0.2) is 24.3 Å². The maximum atomic E-state index is 13.3. The number of benzene rings is 1. The van der Waals surface area contributed by atoms with Crippen LogP contribution < -0.4 is 0 Å². The van der Waals surface area contributed by atoms with E-state index >= 15 is 0 Å². The summed E-state index contributed by atoms with van der Waals surface area (Å²) in [5.41, 5.74) is 2.25. The highest BCUT2D eigenvalue weighted by atomic mass is 19.1. The summed E-state index contributed by atoms with van der Waals surface area (Å²) in [6.45, 7) is 9.30. The number of fused-ring (bicyclic) bond motifs is 1. The Morgan fingerprint density at radius 3 is 2.50 bits per heavy atom. The molecule has 1 N–H and O–H groups in total. The Hall–Kier alpha value is -2.21. The van der Waals surface area contributed by atoms with Crippen LogP contribution in [-0.4, -0.2) is 38.6 Å². The quantitative estimate of drug-likeness (QED) is 0.911. The Morgan fingerprint density at radius 1 is 1.27 bits per heavy atom. The molecule has 1 aliphatic rings. The number of imidazole rings is 1. The zero-order chi connectivity index (χ0) is 19.1. The molecule has 0 saturated carbocycles. The van der Waals surface area contributed by atoms with Crippen molar-refractivity contribution in [3.8, 4) is 11.3 Å². The highest BCUT2D eigenvalue weighted by molar-refractivity contribution is 5.77. The number of amides is 1. The highest BCUT2D eigenvalue weighted by Crippen LogP contribution is 2.38. The average molecular weight is 359 g/mol. The zero-order valence-corrected chi connectivity index (χ0v) is 15.8. The van der Waals surface area contributed by atoms with Crippen LogP contribution >= 0.6 is 0 Å². The van der Waals surface area contributed by atoms with E-state index in [-0.39, 0.29) is 30.7 Å². The van der Waals surface area contributed by atoms with Gasteiger partial charge in [0.1, 0.15) is 11.6 Å². The number of aromatic nitrogens is 2. The average Bonchev–Trinajstić information content (AvgIpc) is 2.96. The van der Waals surface area contributed by atoms with Gasteiger partial charge in [-0.05, 0) is 44.0 Å². The van der Waals surface area contributed by atoms with Crippen LogP contribution in [0.2, 0.25) is 0 Å². The lowest BCUT2D eigenvalue weighted by atomic mass is 9.98. The van der Waals surface area contributed by atoms with Gasteiger partial charge in [0.15, 0.2) is 0 Å². The number of carbonyl (C=O) groups excluding carboxylic acids is 1. The molecule has 0 atom stereocenters. The molecular weight excluding hydrogens is 333 g/mol. The molecule has 5 nitrogen and oxygen atoms in total. The predicted molar refractivity (Wildman–Crippen MR) is 98.2 cm³/mol. The SMILES string of the molecule is CC(C)c1c(-c2ccc(F)cc2)nc2n1CCN(C(=O)CCO)C2(C)C. The molecule has 0 aliphatic carbocycles. The van der Waals surface area contributed by atoms with E-state index in [1.165, 1.54) is 12.1 Å². The van der Waals surface area contributed by atoms with Crippen molar-refractivity contribution in [1.82, 2.24) is 14.5 Å². The molecule has 0 radical (unpaired) electrons. The van der Waals surface area contributed by atoms with Gasteiger partial charge in [-0.2, -0.15) is 0 Å². The Balaban J connectivity index is 2.12. The normalized spacial score (nSPS) is 16.0. The van der Waals surface area contributed by atoms with Gasteiger partial charge in [-0.15, -0.1) is 0 Å². The number of nitrogens with zero attached hydrogens (tertiary/aromatic N) is 3. The van der Waals surface area contributed by atoms with Crippen LogP contribution in [0.25, 0.3) is 11.3 Å². The fraction of sp³-hybridized carbons (Fsp3) is 0.500. The molecule has 1 amide bonds. The van der Waals surface area contributed by atoms with Gasteiger partial charge in [0, 0.05) is 30.8 Å². The fourth-order valence-corrected chi connectivity index (χ4v) is 3.83. The monoisotopic (exact) mass is 359 g/mol. The van der Waals surface area contributed by atoms with Crippen LogP contribution in [0.1, 0.15) is 51.6 Å². The molecule has 0 bridgehead atoms. The number of hydrogen-bond donors (Lipinski definition) is 1. The summed E-state index contributed by atoms with van der Waals surface area (Å²) in [4.78, 5) is 19.1. The largest absolute Gasteiger partial charge is 0.396 e. The second-order valence-electron chi connectivity index (χ2n) is 7.56. The minimum absolute atomic E-state index is 0.0684. The van der Waals surface area contributed by atoms with E-state index in [4.69, 9.17) is 10.1 Å². The Labute approximate surface area is 153 Å². The third-order valence-corrected chi connectivity index (χ3v) is 5.07. The van der Waals surface area contributed by atoms with Crippen molar-refractivity contribution in [2.24, 2.45) is 0 Å². The van der Waals surface area contributed by atoms with Crippen LogP contribution in [-0.2, 0) is 16.9 Å². The summed E-state index contributed by atoms with van der Waals surface area (Å²) in [5.74, 6) is 0.732. The maximum Gasteiger partial charge on any atom is 0.225 e. The van der Waals surface area contributed by atoms with E-state index in [9.17, 15) is 9.18 Å². The summed E-state index contributed by atoms with van der Waals surface area (Å²) < 4.78 is 15.5. The molecule has 1 aromatic heterocycles. The van der Waals surface area contributed by atoms with Crippen LogP contribution in [0.4, 0.5) is 4.39 Å². The lowest BCUT2D eigenvalue weighted by Crippen LogP contribution is -2.52. The lowest BCUT2D eigenvalue weighted by molar-refractivity contribution is -0.139. The second kappa shape index (κ2) is 6.83. The van der Waals surface area contributed by atoms with Crippen molar-refractivity contribution < 1.29 is 14.3 Å². The van der Waals surface area contributed by atoms with E-state index < -0.39 is 5.54 Å². The summed E-state index contributed by atoms with van der Waals surface area (Å²) >= 11 is 0. The molecule has 2 aromatic rings. The minimum Gasteiger partial charge on any atom is -0.396 e. The molecule has 6 heteroatoms. The number of aliphatic hydroxyl groups excluding tert-OH is 1. The summed E-state index contributed by atoms with van der Waals surface area (Å²) in [6, 6.07) is 6.38. The van der Waals surface area contributed by atoms with E-state index in [1.807, 2.05) is 13.8 Å². The third-order valence-electron chi connectivity index (χ3n) is 5.07. The van der Waals surface area contributed by atoms with E-state index in [2.05, 4.69) is 18.4 Å². The highest BCUT2D eigenvalue weighted by Gasteiger charge is 2.41. The van der Waals surface area contributed by atoms with Crippen molar-refractivity contribution in [2.45, 2.75) is 52.1 Å². The van der Waals surface area contributed by atoms with E-state index in [1.54, 1.807) is 17.0 Å². The smallest absolute Gasteiger partial charge is 0.225 e. The molecule has 140 valence electrons. The number of carbonyl (C=O) groups is 1. The van der Waals surface area contributed by atoms with Gasteiger partial charge in [0.25, 0.3) is 0 Å². The van der Waals surface area contributed by atoms with Crippen LogP contribution in [0.5, 0.6) is 0 Å². The van der Waals surface area contributed by atoms with Gasteiger partial charge < -0.3 is 14.6 Å². The third kappa shape index (κ3) is 3.03. The van der Waals surface area contributed by atoms with Gasteiger partial charge in [0.05, 0.1) is 17.8 Å². The number of halogens is 1. The first-order valence-corrected chi connectivity index (χ1v) is 9.05. The maximum absolute atomic E-state index is 13.3. The first kappa shape index (κ1) is 18.6. The van der Waals surface area contributed by atoms with Crippen molar-refractivity contribution in [3.05, 3.63) is 41.6 Å². The van der Waals surface area contributed by atoms with Crippen LogP contribution in [0.3, 0.4) is 0 Å². The van der Waals surface area contributed by atoms with Crippen molar-refractivity contribution in [2.75, 3.05) is 13.2 Å². The van der Waals surface area contributed by atoms with Gasteiger partial charge in [0.2, 0.25) is 5.91 Å². The Kier molecular flexibility index (Phi) is 4.88. The van der Waals surface area contributed by atoms with Crippen LogP contribution in [0, 0.1) is 5.82 Å². The molecule has 1 aliphatic heterocycles. The molecule has 0 fully saturated rings. The molecule has 3 rings (SSSR count). The first-order valence-electron chi connectivity index (χ1n) is 9.05. The first-order chi connectivity index (χ1) is 12.3. The number of aliphatic hydroxyl groups is 1. The van der Waals surface area contributed by atoms with E-state index in [0.29, 0.717) is 13.1 Å². The summed E-state index contributed by atoms with van der Waals surface area (Å²) in [7, 11) is 0. The Morgan fingerprint density at radius 2 is 1.92 bits per heavy atom. The molecule has 1 aromatic carbocycles. The summed E-state index contributed by atoms with van der Waals surface area (Å²) in [6.07, 6.45) is 0.117. The number of rotatable bonds is 4. The van der Waals surface area contributed by atoms with Crippen molar-refractivity contribution >= 4 is 5.91 Å². The minimum atomic E-state index is -0.577. The lowest BCUT2D eigenvalue weighted by Gasteiger charge is -2.42. The van der Waals surface area contributed by atoms with Gasteiger partial charge in [-0.1, -0.05) is 13.8 Å². The van der Waals surface area contributed by atoms with E-state index in [0.717, 1.165) is 22.8 Å².